The molecular weight excluding hydrogens is 248 g/mol. The topological polar surface area (TPSA) is 46.3 Å². The van der Waals surface area contributed by atoms with Gasteiger partial charge in [0.1, 0.15) is 0 Å². The largest absolute Gasteiger partial charge is 0.330 e. The van der Waals surface area contributed by atoms with Crippen molar-refractivity contribution in [3.8, 4) is 0 Å². The zero-order valence-corrected chi connectivity index (χ0v) is 12.2. The van der Waals surface area contributed by atoms with Gasteiger partial charge in [0.15, 0.2) is 0 Å². The molecule has 2 N–H and O–H groups in total. The van der Waals surface area contributed by atoms with E-state index in [1.807, 2.05) is 17.0 Å². The van der Waals surface area contributed by atoms with Gasteiger partial charge in [0.05, 0.1) is 0 Å². The van der Waals surface area contributed by atoms with Crippen LogP contribution in [0.15, 0.2) is 24.3 Å². The quantitative estimate of drug-likeness (QED) is 0.896. The predicted molar refractivity (Wildman–Crippen MR) is 81.5 cm³/mol. The Morgan fingerprint density at radius 1 is 1.25 bits per heavy atom. The van der Waals surface area contributed by atoms with Crippen molar-refractivity contribution >= 4 is 11.6 Å². The Morgan fingerprint density at radius 2 is 1.95 bits per heavy atom. The van der Waals surface area contributed by atoms with Crippen LogP contribution in [-0.4, -0.2) is 19.0 Å². The molecule has 1 aromatic carbocycles. The number of nitrogens with two attached hydrogens (primary N) is 1. The monoisotopic (exact) mass is 272 g/mol. The van der Waals surface area contributed by atoms with Crippen LogP contribution in [0.1, 0.15) is 31.2 Å². The molecule has 0 aromatic heterocycles. The van der Waals surface area contributed by atoms with E-state index in [1.165, 1.54) is 12.0 Å². The third kappa shape index (κ3) is 2.59. The summed E-state index contributed by atoms with van der Waals surface area (Å²) in [4.78, 5) is 14.8. The normalized spacial score (nSPS) is 27.2. The molecule has 2 fully saturated rings. The van der Waals surface area contributed by atoms with E-state index in [0.717, 1.165) is 43.3 Å². The smallest absolute Gasteiger partial charge is 0.230 e. The van der Waals surface area contributed by atoms with E-state index in [1.54, 1.807) is 0 Å². The van der Waals surface area contributed by atoms with E-state index in [-0.39, 0.29) is 5.92 Å². The first-order valence-electron chi connectivity index (χ1n) is 7.77. The van der Waals surface area contributed by atoms with Crippen molar-refractivity contribution in [3.05, 3.63) is 29.8 Å². The number of fused-ring (bicyclic) bond motifs is 1. The highest BCUT2D eigenvalue weighted by Gasteiger charge is 2.48. The zero-order chi connectivity index (χ0) is 14.1. The van der Waals surface area contributed by atoms with Gasteiger partial charge in [-0.3, -0.25) is 4.79 Å². The van der Waals surface area contributed by atoms with Crippen LogP contribution in [0.5, 0.6) is 0 Å². The Bertz CT molecular complexity index is 490. The summed E-state index contributed by atoms with van der Waals surface area (Å²) in [5, 5.41) is 0. The van der Waals surface area contributed by atoms with E-state index in [0.29, 0.717) is 12.5 Å². The SMILES string of the molecule is Cc1ccccc1N(CCCN)C(=O)C1CC2CC2C1. The minimum Gasteiger partial charge on any atom is -0.330 e. The number of nitrogens with zero attached hydrogens (tertiary/aromatic N) is 1. The van der Waals surface area contributed by atoms with Crippen LogP contribution in [-0.2, 0) is 4.79 Å². The Balaban J connectivity index is 1.78. The summed E-state index contributed by atoms with van der Waals surface area (Å²) in [6, 6.07) is 8.16. The number of hydrogen-bond acceptors (Lipinski definition) is 2. The molecule has 3 nitrogen and oxygen atoms in total. The molecule has 20 heavy (non-hydrogen) atoms. The van der Waals surface area contributed by atoms with Crippen molar-refractivity contribution in [2.45, 2.75) is 32.6 Å². The average molecular weight is 272 g/mol. The molecule has 2 unspecified atom stereocenters. The highest BCUT2D eigenvalue weighted by atomic mass is 16.2. The molecule has 0 radical (unpaired) electrons. The second-order valence-electron chi connectivity index (χ2n) is 6.34. The minimum atomic E-state index is 0.246. The molecule has 1 amide bonds. The fourth-order valence-corrected chi connectivity index (χ4v) is 3.60. The van der Waals surface area contributed by atoms with Crippen LogP contribution in [0, 0.1) is 24.7 Å². The van der Waals surface area contributed by atoms with E-state index in [9.17, 15) is 4.79 Å². The van der Waals surface area contributed by atoms with Gasteiger partial charge >= 0.3 is 0 Å². The van der Waals surface area contributed by atoms with Gasteiger partial charge in [0, 0.05) is 18.2 Å². The average Bonchev–Trinajstić information content (AvgIpc) is 3.07. The lowest BCUT2D eigenvalue weighted by molar-refractivity contribution is -0.122. The van der Waals surface area contributed by atoms with E-state index in [2.05, 4.69) is 19.1 Å². The highest BCUT2D eigenvalue weighted by molar-refractivity contribution is 5.96. The molecule has 0 bridgehead atoms. The maximum Gasteiger partial charge on any atom is 0.230 e. The lowest BCUT2D eigenvalue weighted by Crippen LogP contribution is -2.37. The summed E-state index contributed by atoms with van der Waals surface area (Å²) in [5.41, 5.74) is 7.87. The Kier molecular flexibility index (Phi) is 3.79. The molecule has 0 spiro atoms. The van der Waals surface area contributed by atoms with Gasteiger partial charge in [0.25, 0.3) is 0 Å². The molecular formula is C17H24N2O. The van der Waals surface area contributed by atoms with Crippen LogP contribution in [0.2, 0.25) is 0 Å². The summed E-state index contributed by atoms with van der Waals surface area (Å²) in [7, 11) is 0. The van der Waals surface area contributed by atoms with Gasteiger partial charge in [-0.05, 0) is 62.6 Å². The summed E-state index contributed by atoms with van der Waals surface area (Å²) in [6.07, 6.45) is 4.43. The number of benzene rings is 1. The van der Waals surface area contributed by atoms with Gasteiger partial charge in [-0.2, -0.15) is 0 Å². The van der Waals surface area contributed by atoms with Crippen molar-refractivity contribution in [3.63, 3.8) is 0 Å². The second kappa shape index (κ2) is 5.57. The van der Waals surface area contributed by atoms with Gasteiger partial charge in [0.2, 0.25) is 5.91 Å². The molecule has 2 aliphatic carbocycles. The number of rotatable bonds is 5. The van der Waals surface area contributed by atoms with Gasteiger partial charge in [-0.25, -0.2) is 0 Å². The number of para-hydroxylation sites is 1. The summed E-state index contributed by atoms with van der Waals surface area (Å²) in [6.45, 7) is 3.45. The fourth-order valence-electron chi connectivity index (χ4n) is 3.60. The lowest BCUT2D eigenvalue weighted by Gasteiger charge is -2.27. The van der Waals surface area contributed by atoms with Crippen LogP contribution < -0.4 is 10.6 Å². The van der Waals surface area contributed by atoms with E-state index in [4.69, 9.17) is 5.73 Å². The molecule has 3 rings (SSSR count). The molecule has 2 atom stereocenters. The molecule has 0 aliphatic heterocycles. The first-order chi connectivity index (χ1) is 9.70. The zero-order valence-electron chi connectivity index (χ0n) is 12.2. The summed E-state index contributed by atoms with van der Waals surface area (Å²) >= 11 is 0. The van der Waals surface area contributed by atoms with E-state index < -0.39 is 0 Å². The first-order valence-corrected chi connectivity index (χ1v) is 7.77. The highest BCUT2D eigenvalue weighted by Crippen LogP contribution is 2.54. The third-order valence-electron chi connectivity index (χ3n) is 4.85. The van der Waals surface area contributed by atoms with Crippen molar-refractivity contribution in [2.75, 3.05) is 18.0 Å². The fraction of sp³-hybridized carbons (Fsp3) is 0.588. The lowest BCUT2D eigenvalue weighted by atomic mass is 10.0. The predicted octanol–water partition coefficient (Wildman–Crippen LogP) is 2.72. The third-order valence-corrected chi connectivity index (χ3v) is 4.85. The second-order valence-corrected chi connectivity index (χ2v) is 6.34. The number of carbonyl (C=O) groups excluding carboxylic acids is 1. The minimum absolute atomic E-state index is 0.246. The Hall–Kier alpha value is -1.35. The number of amides is 1. The van der Waals surface area contributed by atoms with Crippen molar-refractivity contribution < 1.29 is 4.79 Å². The molecule has 1 aromatic rings. The van der Waals surface area contributed by atoms with Crippen LogP contribution in [0.3, 0.4) is 0 Å². The molecule has 2 aliphatic rings. The van der Waals surface area contributed by atoms with Crippen molar-refractivity contribution in [1.29, 1.82) is 0 Å². The van der Waals surface area contributed by atoms with Crippen molar-refractivity contribution in [2.24, 2.45) is 23.5 Å². The van der Waals surface area contributed by atoms with Gasteiger partial charge in [-0.1, -0.05) is 18.2 Å². The van der Waals surface area contributed by atoms with Gasteiger partial charge in [-0.15, -0.1) is 0 Å². The van der Waals surface area contributed by atoms with Crippen LogP contribution in [0.25, 0.3) is 0 Å². The standard InChI is InChI=1S/C17H24N2O/c1-12-5-2-3-6-16(12)19(8-4-7-18)17(20)15-10-13-9-14(13)11-15/h2-3,5-6,13-15H,4,7-11,18H2,1H3. The number of anilines is 1. The first kappa shape index (κ1) is 13.6. The number of aryl methyl sites for hydroxylation is 1. The number of carbonyl (C=O) groups is 1. The molecule has 0 heterocycles. The molecule has 3 heteroatoms. The maximum atomic E-state index is 12.9. The van der Waals surface area contributed by atoms with Crippen LogP contribution in [0.4, 0.5) is 5.69 Å². The number of hydrogen-bond donors (Lipinski definition) is 1. The Morgan fingerprint density at radius 3 is 2.60 bits per heavy atom. The molecule has 2 saturated carbocycles. The van der Waals surface area contributed by atoms with E-state index >= 15 is 0 Å². The summed E-state index contributed by atoms with van der Waals surface area (Å²) < 4.78 is 0. The van der Waals surface area contributed by atoms with Crippen LogP contribution >= 0.6 is 0 Å². The van der Waals surface area contributed by atoms with Gasteiger partial charge < -0.3 is 10.6 Å². The molecule has 108 valence electrons. The Labute approximate surface area is 121 Å². The van der Waals surface area contributed by atoms with Crippen molar-refractivity contribution in [1.82, 2.24) is 0 Å². The summed E-state index contributed by atoms with van der Waals surface area (Å²) in [5.74, 6) is 2.26. The maximum absolute atomic E-state index is 12.9. The molecule has 0 saturated heterocycles.